The first kappa shape index (κ1) is 27.4. The minimum atomic E-state index is 0.408. The Hall–Kier alpha value is -6.42. The number of nitrogens with zero attached hydrogens (tertiary/aromatic N) is 2. The molecule has 0 amide bonds. The van der Waals surface area contributed by atoms with E-state index < -0.39 is 0 Å². The summed E-state index contributed by atoms with van der Waals surface area (Å²) in [6, 6.07) is 64.2. The molecule has 0 aliphatic rings. The minimum absolute atomic E-state index is 0.408. The van der Waals surface area contributed by atoms with Gasteiger partial charge in [0.25, 0.3) is 0 Å². The quantitative estimate of drug-likeness (QED) is 0.171. The molecule has 0 spiro atoms. The van der Waals surface area contributed by atoms with Gasteiger partial charge in [0.1, 0.15) is 0 Å². The van der Waals surface area contributed by atoms with Crippen LogP contribution in [0, 0.1) is 0 Å². The van der Waals surface area contributed by atoms with Crippen molar-refractivity contribution in [3.8, 4) is 27.9 Å². The van der Waals surface area contributed by atoms with Crippen molar-refractivity contribution in [3.05, 3.63) is 194 Å². The third kappa shape index (κ3) is 5.10. The van der Waals surface area contributed by atoms with Crippen LogP contribution in [0.1, 0.15) is 2.74 Å². The van der Waals surface area contributed by atoms with Crippen molar-refractivity contribution in [1.82, 2.24) is 4.57 Å². The molecule has 51 heavy (non-hydrogen) atoms. The van der Waals surface area contributed by atoms with Gasteiger partial charge in [-0.2, -0.15) is 0 Å². The van der Waals surface area contributed by atoms with E-state index in [0.717, 1.165) is 66.8 Å². The maximum absolute atomic E-state index is 9.56. The molecule has 10 aromatic rings. The molecular formula is C48H32N2S. The number of benzene rings is 8. The molecule has 0 N–H and O–H groups in total. The van der Waals surface area contributed by atoms with Crippen molar-refractivity contribution >= 4 is 70.4 Å². The maximum Gasteiger partial charge on any atom is 0.0645 e. The number of fused-ring (bicyclic) bond motifs is 6. The van der Waals surface area contributed by atoms with Crippen molar-refractivity contribution in [1.29, 1.82) is 0 Å². The van der Waals surface area contributed by atoms with Gasteiger partial charge in [0.2, 0.25) is 0 Å². The van der Waals surface area contributed by atoms with Gasteiger partial charge in [-0.05, 0) is 89.0 Å². The molecule has 0 radical (unpaired) electrons. The predicted octanol–water partition coefficient (Wildman–Crippen LogP) is 14.0. The summed E-state index contributed by atoms with van der Waals surface area (Å²) in [5.74, 6) is 0. The Kier molecular flexibility index (Phi) is 6.54. The Balaban J connectivity index is 1.19. The molecule has 2 aromatic heterocycles. The second kappa shape index (κ2) is 12.2. The summed E-state index contributed by atoms with van der Waals surface area (Å²) >= 11 is 1.81. The predicted molar refractivity (Wildman–Crippen MR) is 219 cm³/mol. The van der Waals surface area contributed by atoms with E-state index in [1.54, 1.807) is 0 Å². The lowest BCUT2D eigenvalue weighted by molar-refractivity contribution is 1.18. The van der Waals surface area contributed by atoms with Crippen LogP contribution in [-0.4, -0.2) is 4.57 Å². The van der Waals surface area contributed by atoms with E-state index in [-0.39, 0.29) is 0 Å². The number of para-hydroxylation sites is 1. The van der Waals surface area contributed by atoms with E-state index in [0.29, 0.717) is 12.1 Å². The van der Waals surface area contributed by atoms with Gasteiger partial charge in [0.05, 0.1) is 13.8 Å². The highest BCUT2D eigenvalue weighted by Crippen LogP contribution is 2.42. The second-order valence-corrected chi connectivity index (χ2v) is 13.9. The van der Waals surface area contributed by atoms with Gasteiger partial charge >= 0.3 is 0 Å². The van der Waals surface area contributed by atoms with E-state index in [1.165, 1.54) is 20.2 Å². The lowest BCUT2D eigenvalue weighted by Crippen LogP contribution is -2.10. The number of aromatic nitrogens is 1. The zero-order chi connectivity index (χ0) is 35.5. The zero-order valence-electron chi connectivity index (χ0n) is 29.6. The van der Waals surface area contributed by atoms with Crippen LogP contribution in [0.15, 0.2) is 194 Å². The van der Waals surface area contributed by atoms with Crippen LogP contribution < -0.4 is 4.90 Å². The zero-order valence-corrected chi connectivity index (χ0v) is 28.4. The molecule has 240 valence electrons. The topological polar surface area (TPSA) is 8.17 Å². The van der Waals surface area contributed by atoms with Gasteiger partial charge in [-0.3, -0.25) is 0 Å². The van der Waals surface area contributed by atoms with Gasteiger partial charge in [-0.25, -0.2) is 0 Å². The standard InChI is InChI=1S/C48H32N2S/c1-3-11-33(12-4-1)35-19-23-37(24-20-35)49(38-25-21-36(22-26-38)34-13-5-2-6-14-34)40-27-29-42-41-15-7-9-17-45(41)50(46(42)32-40)39-28-30-48-44(31-39)43-16-8-10-18-47(43)51-48/h1-32H/i7D,27D. The van der Waals surface area contributed by atoms with Crippen molar-refractivity contribution < 1.29 is 2.74 Å². The van der Waals surface area contributed by atoms with E-state index in [4.69, 9.17) is 1.37 Å². The smallest absolute Gasteiger partial charge is 0.0645 e. The molecule has 0 saturated heterocycles. The maximum atomic E-state index is 9.56. The van der Waals surface area contributed by atoms with Crippen LogP contribution in [0.2, 0.25) is 0 Å². The largest absolute Gasteiger partial charge is 0.310 e. The summed E-state index contributed by atoms with van der Waals surface area (Å²) in [7, 11) is 0. The molecule has 0 aliphatic heterocycles. The van der Waals surface area contributed by atoms with Gasteiger partial charge < -0.3 is 9.47 Å². The molecule has 10 rings (SSSR count). The molecule has 0 atom stereocenters. The Morgan fingerprint density at radius 3 is 1.69 bits per heavy atom. The SMILES string of the molecule is [2H]c1ccc2c(c1)c1cc([2H])c(N(c3ccc(-c4ccccc4)cc3)c3ccc(-c4ccccc4)cc3)cc1n2-c1ccc2sc3ccccc3c2c1. The van der Waals surface area contributed by atoms with E-state index in [9.17, 15) is 1.37 Å². The molecule has 2 heterocycles. The van der Waals surface area contributed by atoms with Crippen molar-refractivity contribution in [2.45, 2.75) is 0 Å². The first-order valence-electron chi connectivity index (χ1n) is 18.2. The number of anilines is 3. The first-order valence-corrected chi connectivity index (χ1v) is 18.0. The normalized spacial score (nSPS) is 12.1. The summed E-state index contributed by atoms with van der Waals surface area (Å²) in [6.45, 7) is 0. The second-order valence-electron chi connectivity index (χ2n) is 12.8. The number of rotatable bonds is 6. The number of thiophene rings is 1. The van der Waals surface area contributed by atoms with E-state index in [2.05, 4.69) is 155 Å². The average molecular weight is 671 g/mol. The lowest BCUT2D eigenvalue weighted by Gasteiger charge is -2.26. The highest BCUT2D eigenvalue weighted by Gasteiger charge is 2.18. The van der Waals surface area contributed by atoms with Crippen molar-refractivity contribution in [2.75, 3.05) is 4.90 Å². The van der Waals surface area contributed by atoms with Crippen LogP contribution in [0.5, 0.6) is 0 Å². The molecule has 0 bridgehead atoms. The molecule has 0 fully saturated rings. The fraction of sp³-hybridized carbons (Fsp3) is 0. The van der Waals surface area contributed by atoms with Crippen LogP contribution in [0.3, 0.4) is 0 Å². The van der Waals surface area contributed by atoms with Gasteiger partial charge in [-0.15, -0.1) is 11.3 Å². The monoisotopic (exact) mass is 670 g/mol. The Bertz CT molecular complexity index is 2870. The lowest BCUT2D eigenvalue weighted by atomic mass is 10.0. The molecule has 0 saturated carbocycles. The highest BCUT2D eigenvalue weighted by molar-refractivity contribution is 7.25. The third-order valence-electron chi connectivity index (χ3n) is 9.85. The average Bonchev–Trinajstić information content (AvgIpc) is 3.73. The van der Waals surface area contributed by atoms with Crippen LogP contribution >= 0.6 is 11.3 Å². The van der Waals surface area contributed by atoms with Crippen LogP contribution in [0.4, 0.5) is 17.1 Å². The highest BCUT2D eigenvalue weighted by atomic mass is 32.1. The first-order chi connectivity index (χ1) is 26.1. The fourth-order valence-electron chi connectivity index (χ4n) is 7.39. The summed E-state index contributed by atoms with van der Waals surface area (Å²) in [5, 5.41) is 4.40. The van der Waals surface area contributed by atoms with Crippen molar-refractivity contribution in [2.24, 2.45) is 0 Å². The van der Waals surface area contributed by atoms with Gasteiger partial charge in [-0.1, -0.05) is 127 Å². The summed E-state index contributed by atoms with van der Waals surface area (Å²) in [4.78, 5) is 2.19. The summed E-state index contributed by atoms with van der Waals surface area (Å²) in [6.07, 6.45) is 0. The van der Waals surface area contributed by atoms with E-state index in [1.807, 2.05) is 47.7 Å². The molecule has 0 unspecified atom stereocenters. The number of hydrogen-bond donors (Lipinski definition) is 0. The van der Waals surface area contributed by atoms with Gasteiger partial charge in [0.15, 0.2) is 0 Å². The summed E-state index contributed by atoms with van der Waals surface area (Å²) < 4.78 is 22.9. The Morgan fingerprint density at radius 1 is 0.412 bits per heavy atom. The number of hydrogen-bond acceptors (Lipinski definition) is 2. The van der Waals surface area contributed by atoms with Crippen LogP contribution in [0.25, 0.3) is 69.9 Å². The fourth-order valence-corrected chi connectivity index (χ4v) is 8.47. The summed E-state index contributed by atoms with van der Waals surface area (Å²) in [5.41, 5.74) is 10.3. The van der Waals surface area contributed by atoms with Crippen molar-refractivity contribution in [3.63, 3.8) is 0 Å². The minimum Gasteiger partial charge on any atom is -0.310 e. The van der Waals surface area contributed by atoms with Gasteiger partial charge in [0, 0.05) is 53.7 Å². The van der Waals surface area contributed by atoms with Crippen LogP contribution in [-0.2, 0) is 0 Å². The van der Waals surface area contributed by atoms with E-state index >= 15 is 0 Å². The molecular weight excluding hydrogens is 637 g/mol. The third-order valence-corrected chi connectivity index (χ3v) is 11.0. The molecule has 2 nitrogen and oxygen atoms in total. The molecule has 3 heteroatoms. The molecule has 0 aliphatic carbocycles. The molecule has 8 aromatic carbocycles. The Morgan fingerprint density at radius 2 is 1.00 bits per heavy atom. The Labute approximate surface area is 303 Å².